The van der Waals surface area contributed by atoms with Crippen LogP contribution in [0.25, 0.3) is 10.8 Å². The van der Waals surface area contributed by atoms with Crippen LogP contribution in [-0.2, 0) is 4.74 Å². The quantitative estimate of drug-likeness (QED) is 0.690. The van der Waals surface area contributed by atoms with Crippen molar-refractivity contribution in [3.63, 3.8) is 0 Å². The maximum atomic E-state index is 11.7. The average Bonchev–Trinajstić information content (AvgIpc) is 2.58. The molecule has 6 heteroatoms. The molecule has 2 aromatic rings. The minimum atomic E-state index is -0.799. The second kappa shape index (κ2) is 9.10. The van der Waals surface area contributed by atoms with Crippen LogP contribution in [0.4, 0.5) is 4.79 Å². The zero-order valence-corrected chi connectivity index (χ0v) is 14.0. The summed E-state index contributed by atoms with van der Waals surface area (Å²) >= 11 is 0. The standard InChI is InChI=1S/C18H24N2O4/c1-13(11-23-2)20-18(22)19-10-15(21)12-24-17-9-5-7-14-6-3-4-8-16(14)17/h3-9,13,15,21H,10-12H2,1-2H3,(H2,19,20,22)/t13-,15+/m0/s1. The molecule has 0 aliphatic carbocycles. The Morgan fingerprint density at radius 1 is 1.17 bits per heavy atom. The summed E-state index contributed by atoms with van der Waals surface area (Å²) in [4.78, 5) is 11.7. The van der Waals surface area contributed by atoms with E-state index in [-0.39, 0.29) is 25.2 Å². The first kappa shape index (κ1) is 18.0. The molecular formula is C18H24N2O4. The molecule has 0 bridgehead atoms. The summed E-state index contributed by atoms with van der Waals surface area (Å²) in [6, 6.07) is 13.2. The number of nitrogens with one attached hydrogen (secondary N) is 2. The highest BCUT2D eigenvalue weighted by Gasteiger charge is 2.11. The molecule has 2 amide bonds. The van der Waals surface area contributed by atoms with E-state index < -0.39 is 6.10 Å². The molecule has 0 spiro atoms. The van der Waals surface area contributed by atoms with Crippen molar-refractivity contribution in [2.24, 2.45) is 0 Å². The number of methoxy groups -OCH3 is 1. The predicted molar refractivity (Wildman–Crippen MR) is 93.3 cm³/mol. The number of ether oxygens (including phenoxy) is 2. The Balaban J connectivity index is 1.78. The van der Waals surface area contributed by atoms with Crippen LogP contribution in [-0.4, -0.2) is 50.2 Å². The van der Waals surface area contributed by atoms with E-state index in [1.54, 1.807) is 7.11 Å². The second-order valence-electron chi connectivity index (χ2n) is 5.65. The molecular weight excluding hydrogens is 308 g/mol. The average molecular weight is 332 g/mol. The van der Waals surface area contributed by atoms with Crippen molar-refractivity contribution in [2.45, 2.75) is 19.1 Å². The van der Waals surface area contributed by atoms with Gasteiger partial charge in [-0.1, -0.05) is 36.4 Å². The summed E-state index contributed by atoms with van der Waals surface area (Å²) in [7, 11) is 1.57. The normalized spacial score (nSPS) is 13.3. The number of urea groups is 1. The fourth-order valence-corrected chi connectivity index (χ4v) is 2.34. The van der Waals surface area contributed by atoms with Gasteiger partial charge >= 0.3 is 6.03 Å². The molecule has 6 nitrogen and oxygen atoms in total. The van der Waals surface area contributed by atoms with Crippen molar-refractivity contribution < 1.29 is 19.4 Å². The summed E-state index contributed by atoms with van der Waals surface area (Å²) in [5, 5.41) is 17.4. The maximum absolute atomic E-state index is 11.7. The summed E-state index contributed by atoms with van der Waals surface area (Å²) in [6.45, 7) is 2.47. The van der Waals surface area contributed by atoms with Crippen molar-refractivity contribution in [3.8, 4) is 5.75 Å². The topological polar surface area (TPSA) is 79.8 Å². The Morgan fingerprint density at radius 2 is 1.92 bits per heavy atom. The Morgan fingerprint density at radius 3 is 2.71 bits per heavy atom. The van der Waals surface area contributed by atoms with Gasteiger partial charge in [-0.3, -0.25) is 0 Å². The molecule has 24 heavy (non-hydrogen) atoms. The first-order chi connectivity index (χ1) is 11.6. The van der Waals surface area contributed by atoms with Gasteiger partial charge in [0.2, 0.25) is 0 Å². The lowest BCUT2D eigenvalue weighted by molar-refractivity contribution is 0.108. The van der Waals surface area contributed by atoms with Crippen LogP contribution in [0, 0.1) is 0 Å². The van der Waals surface area contributed by atoms with E-state index in [1.807, 2.05) is 49.4 Å². The Labute approximate surface area is 141 Å². The number of aliphatic hydroxyl groups is 1. The van der Waals surface area contributed by atoms with Gasteiger partial charge in [-0.25, -0.2) is 4.79 Å². The lowest BCUT2D eigenvalue weighted by Crippen LogP contribution is -2.45. The summed E-state index contributed by atoms with van der Waals surface area (Å²) in [5.74, 6) is 0.713. The Bertz CT molecular complexity index is 657. The highest BCUT2D eigenvalue weighted by atomic mass is 16.5. The van der Waals surface area contributed by atoms with Gasteiger partial charge in [0.15, 0.2) is 0 Å². The number of hydrogen-bond acceptors (Lipinski definition) is 4. The Hall–Kier alpha value is -2.31. The highest BCUT2D eigenvalue weighted by Crippen LogP contribution is 2.25. The summed E-state index contributed by atoms with van der Waals surface area (Å²) < 4.78 is 10.6. The number of carbonyl (C=O) groups is 1. The van der Waals surface area contributed by atoms with Crippen molar-refractivity contribution in [3.05, 3.63) is 42.5 Å². The van der Waals surface area contributed by atoms with Gasteiger partial charge in [-0.15, -0.1) is 0 Å². The number of benzene rings is 2. The van der Waals surface area contributed by atoms with Gasteiger partial charge in [0.25, 0.3) is 0 Å². The molecule has 2 rings (SSSR count). The fourth-order valence-electron chi connectivity index (χ4n) is 2.34. The third kappa shape index (κ3) is 5.40. The van der Waals surface area contributed by atoms with Gasteiger partial charge in [-0.05, 0) is 18.4 Å². The molecule has 0 aliphatic rings. The van der Waals surface area contributed by atoms with Gasteiger partial charge in [0.1, 0.15) is 18.5 Å². The number of amides is 2. The van der Waals surface area contributed by atoms with E-state index in [0.717, 1.165) is 10.8 Å². The van der Waals surface area contributed by atoms with Gasteiger partial charge in [-0.2, -0.15) is 0 Å². The molecule has 0 fully saturated rings. The molecule has 0 heterocycles. The molecule has 0 aromatic heterocycles. The number of carbonyl (C=O) groups excluding carboxylic acids is 1. The van der Waals surface area contributed by atoms with Gasteiger partial charge < -0.3 is 25.2 Å². The number of fused-ring (bicyclic) bond motifs is 1. The molecule has 130 valence electrons. The largest absolute Gasteiger partial charge is 0.490 e. The third-order valence-electron chi connectivity index (χ3n) is 3.47. The van der Waals surface area contributed by atoms with E-state index in [0.29, 0.717) is 12.4 Å². The first-order valence-electron chi connectivity index (χ1n) is 7.92. The zero-order valence-electron chi connectivity index (χ0n) is 14.0. The molecule has 2 aromatic carbocycles. The molecule has 0 aliphatic heterocycles. The van der Waals surface area contributed by atoms with Crippen LogP contribution < -0.4 is 15.4 Å². The minimum absolute atomic E-state index is 0.0981. The number of hydrogen-bond donors (Lipinski definition) is 3. The third-order valence-corrected chi connectivity index (χ3v) is 3.47. The Kier molecular flexibility index (Phi) is 6.84. The maximum Gasteiger partial charge on any atom is 0.315 e. The van der Waals surface area contributed by atoms with Crippen LogP contribution in [0.15, 0.2) is 42.5 Å². The minimum Gasteiger partial charge on any atom is -0.490 e. The van der Waals surface area contributed by atoms with Crippen LogP contribution >= 0.6 is 0 Å². The van der Waals surface area contributed by atoms with E-state index >= 15 is 0 Å². The zero-order chi connectivity index (χ0) is 17.4. The number of aliphatic hydroxyl groups excluding tert-OH is 1. The van der Waals surface area contributed by atoms with Gasteiger partial charge in [0.05, 0.1) is 12.6 Å². The summed E-state index contributed by atoms with van der Waals surface area (Å²) in [5.41, 5.74) is 0. The predicted octanol–water partition coefficient (Wildman–Crippen LogP) is 1.91. The van der Waals surface area contributed by atoms with E-state index in [2.05, 4.69) is 10.6 Å². The van der Waals surface area contributed by atoms with Crippen LogP contribution in [0.5, 0.6) is 5.75 Å². The second-order valence-corrected chi connectivity index (χ2v) is 5.65. The number of rotatable bonds is 8. The molecule has 0 saturated carbocycles. The van der Waals surface area contributed by atoms with Crippen molar-refractivity contribution >= 4 is 16.8 Å². The fraction of sp³-hybridized carbons (Fsp3) is 0.389. The van der Waals surface area contributed by atoms with Crippen LogP contribution in [0.1, 0.15) is 6.92 Å². The van der Waals surface area contributed by atoms with Crippen molar-refractivity contribution in [1.29, 1.82) is 0 Å². The van der Waals surface area contributed by atoms with Crippen LogP contribution in [0.2, 0.25) is 0 Å². The summed E-state index contributed by atoms with van der Waals surface area (Å²) in [6.07, 6.45) is -0.799. The van der Waals surface area contributed by atoms with E-state index in [9.17, 15) is 9.90 Å². The van der Waals surface area contributed by atoms with Crippen molar-refractivity contribution in [1.82, 2.24) is 10.6 Å². The monoisotopic (exact) mass is 332 g/mol. The smallest absolute Gasteiger partial charge is 0.315 e. The highest BCUT2D eigenvalue weighted by molar-refractivity contribution is 5.88. The lowest BCUT2D eigenvalue weighted by atomic mass is 10.1. The molecule has 0 unspecified atom stereocenters. The first-order valence-corrected chi connectivity index (χ1v) is 7.92. The van der Waals surface area contributed by atoms with Gasteiger partial charge in [0, 0.05) is 19.0 Å². The van der Waals surface area contributed by atoms with E-state index in [1.165, 1.54) is 0 Å². The molecule has 3 N–H and O–H groups in total. The molecule has 0 radical (unpaired) electrons. The molecule has 0 saturated heterocycles. The lowest BCUT2D eigenvalue weighted by Gasteiger charge is -2.16. The molecule has 2 atom stereocenters. The van der Waals surface area contributed by atoms with Crippen LogP contribution in [0.3, 0.4) is 0 Å². The van der Waals surface area contributed by atoms with Crippen molar-refractivity contribution in [2.75, 3.05) is 26.9 Å². The SMILES string of the molecule is COC[C@H](C)NC(=O)NC[C@@H](O)COc1cccc2ccccc12. The van der Waals surface area contributed by atoms with E-state index in [4.69, 9.17) is 9.47 Å².